The van der Waals surface area contributed by atoms with Crippen LogP contribution in [-0.4, -0.2) is 88.1 Å². The molecule has 0 aliphatic carbocycles. The number of carbonyl (C=O) groups is 2. The summed E-state index contributed by atoms with van der Waals surface area (Å²) < 4.78 is 31.4. The lowest BCUT2D eigenvalue weighted by atomic mass is 10.1. The number of hydrogen-bond donors (Lipinski definition) is 1. The first kappa shape index (κ1) is 21.1. The summed E-state index contributed by atoms with van der Waals surface area (Å²) in [6, 6.07) is 4.39. The van der Waals surface area contributed by atoms with Crippen molar-refractivity contribution in [2.24, 2.45) is 0 Å². The van der Waals surface area contributed by atoms with Gasteiger partial charge in [-0.15, -0.1) is 0 Å². The molecule has 150 valence electrons. The zero-order chi connectivity index (χ0) is 20.2. The summed E-state index contributed by atoms with van der Waals surface area (Å²) in [7, 11) is -0.908. The summed E-state index contributed by atoms with van der Waals surface area (Å²) in [6.07, 6.45) is 0. The number of ether oxygens (including phenoxy) is 1. The first-order valence-corrected chi connectivity index (χ1v) is 10.0. The molecule has 2 rings (SSSR count). The molecule has 27 heavy (non-hydrogen) atoms. The van der Waals surface area contributed by atoms with Gasteiger partial charge >= 0.3 is 5.97 Å². The van der Waals surface area contributed by atoms with Crippen molar-refractivity contribution >= 4 is 27.6 Å². The van der Waals surface area contributed by atoms with Gasteiger partial charge in [0.2, 0.25) is 10.0 Å². The maximum atomic E-state index is 13.0. The zero-order valence-corrected chi connectivity index (χ0v) is 16.5. The van der Waals surface area contributed by atoms with Crippen LogP contribution in [0.1, 0.15) is 17.3 Å². The molecule has 1 aliphatic heterocycles. The number of morpholine rings is 1. The Kier molecular flexibility index (Phi) is 6.79. The quantitative estimate of drug-likeness (QED) is 0.703. The molecule has 1 aromatic rings. The van der Waals surface area contributed by atoms with Crippen molar-refractivity contribution < 1.29 is 27.9 Å². The standard InChI is InChI=1S/C17H25N3O6S/c1-4-19(12-16(21)22)17(23)14-11-13(27(24,25)18(2)3)5-6-15(14)20-7-9-26-10-8-20/h5-6,11H,4,7-10,12H2,1-3H3,(H,21,22). The van der Waals surface area contributed by atoms with E-state index in [2.05, 4.69) is 0 Å². The Labute approximate surface area is 159 Å². The largest absolute Gasteiger partial charge is 0.480 e. The third-order valence-corrected chi connectivity index (χ3v) is 6.13. The highest BCUT2D eigenvalue weighted by Gasteiger charge is 2.27. The van der Waals surface area contributed by atoms with E-state index in [1.54, 1.807) is 13.0 Å². The third kappa shape index (κ3) is 4.76. The minimum absolute atomic E-state index is 0.0146. The Morgan fingerprint density at radius 3 is 2.37 bits per heavy atom. The van der Waals surface area contributed by atoms with Gasteiger partial charge in [-0.1, -0.05) is 0 Å². The number of anilines is 1. The van der Waals surface area contributed by atoms with Crippen LogP contribution >= 0.6 is 0 Å². The van der Waals surface area contributed by atoms with Crippen molar-refractivity contribution in [1.29, 1.82) is 0 Å². The van der Waals surface area contributed by atoms with Gasteiger partial charge in [0, 0.05) is 39.4 Å². The molecule has 1 amide bonds. The molecule has 0 bridgehead atoms. The Morgan fingerprint density at radius 2 is 1.85 bits per heavy atom. The van der Waals surface area contributed by atoms with Crippen molar-refractivity contribution in [2.45, 2.75) is 11.8 Å². The lowest BCUT2D eigenvalue weighted by Crippen LogP contribution is -2.40. The molecule has 9 nitrogen and oxygen atoms in total. The average Bonchev–Trinajstić information content (AvgIpc) is 2.65. The summed E-state index contributed by atoms with van der Waals surface area (Å²) in [4.78, 5) is 27.2. The SMILES string of the molecule is CCN(CC(=O)O)C(=O)c1cc(S(=O)(=O)N(C)C)ccc1N1CCOCC1. The Bertz CT molecular complexity index is 803. The number of benzene rings is 1. The van der Waals surface area contributed by atoms with Gasteiger partial charge in [0.05, 0.1) is 23.7 Å². The van der Waals surface area contributed by atoms with E-state index < -0.39 is 28.4 Å². The van der Waals surface area contributed by atoms with E-state index in [1.807, 2.05) is 4.90 Å². The number of nitrogens with zero attached hydrogens (tertiary/aromatic N) is 3. The van der Waals surface area contributed by atoms with Gasteiger partial charge in [-0.3, -0.25) is 9.59 Å². The van der Waals surface area contributed by atoms with E-state index in [-0.39, 0.29) is 17.0 Å². The lowest BCUT2D eigenvalue weighted by molar-refractivity contribution is -0.137. The van der Waals surface area contributed by atoms with Crippen molar-refractivity contribution in [3.8, 4) is 0 Å². The van der Waals surface area contributed by atoms with Gasteiger partial charge in [-0.05, 0) is 25.1 Å². The molecule has 0 unspecified atom stereocenters. The zero-order valence-electron chi connectivity index (χ0n) is 15.7. The molecule has 0 spiro atoms. The van der Waals surface area contributed by atoms with Crippen LogP contribution < -0.4 is 4.90 Å². The van der Waals surface area contributed by atoms with Gasteiger partial charge in [0.1, 0.15) is 6.54 Å². The molecule has 1 aliphatic rings. The number of aliphatic carboxylic acids is 1. The highest BCUT2D eigenvalue weighted by atomic mass is 32.2. The number of hydrogen-bond acceptors (Lipinski definition) is 6. The average molecular weight is 399 g/mol. The molecule has 1 N–H and O–H groups in total. The van der Waals surface area contributed by atoms with E-state index in [9.17, 15) is 18.0 Å². The fraction of sp³-hybridized carbons (Fsp3) is 0.529. The highest BCUT2D eigenvalue weighted by molar-refractivity contribution is 7.89. The van der Waals surface area contributed by atoms with Crippen LogP contribution in [0.25, 0.3) is 0 Å². The van der Waals surface area contributed by atoms with Crippen molar-refractivity contribution in [3.05, 3.63) is 23.8 Å². The lowest BCUT2D eigenvalue weighted by Gasteiger charge is -2.31. The van der Waals surface area contributed by atoms with E-state index >= 15 is 0 Å². The second-order valence-electron chi connectivity index (χ2n) is 6.28. The van der Waals surface area contributed by atoms with E-state index in [4.69, 9.17) is 9.84 Å². The van der Waals surface area contributed by atoms with Crippen molar-refractivity contribution in [2.75, 3.05) is 58.4 Å². The first-order valence-electron chi connectivity index (χ1n) is 8.58. The maximum Gasteiger partial charge on any atom is 0.323 e. The minimum Gasteiger partial charge on any atom is -0.480 e. The Balaban J connectivity index is 2.54. The fourth-order valence-corrected chi connectivity index (χ4v) is 3.73. The smallest absolute Gasteiger partial charge is 0.323 e. The Hall–Kier alpha value is -2.17. The second-order valence-corrected chi connectivity index (χ2v) is 8.43. The Morgan fingerprint density at radius 1 is 1.22 bits per heavy atom. The molecular formula is C17H25N3O6S. The second kappa shape index (κ2) is 8.68. The number of amides is 1. The number of carboxylic acids is 1. The number of carboxylic acid groups (broad SMARTS) is 1. The summed E-state index contributed by atoms with van der Waals surface area (Å²) >= 11 is 0. The van der Waals surface area contributed by atoms with Crippen LogP contribution in [0.4, 0.5) is 5.69 Å². The van der Waals surface area contributed by atoms with Gasteiger partial charge < -0.3 is 19.6 Å². The van der Waals surface area contributed by atoms with Crippen molar-refractivity contribution in [1.82, 2.24) is 9.21 Å². The monoisotopic (exact) mass is 399 g/mol. The predicted octanol–water partition coefficient (Wildman–Crippen LogP) is 0.320. The molecule has 1 fully saturated rings. The first-order chi connectivity index (χ1) is 12.7. The molecule has 0 atom stereocenters. The highest BCUT2D eigenvalue weighted by Crippen LogP contribution is 2.27. The van der Waals surface area contributed by atoms with Gasteiger partial charge in [0.25, 0.3) is 5.91 Å². The number of rotatable bonds is 7. The summed E-state index contributed by atoms with van der Waals surface area (Å²) in [5.41, 5.74) is 0.743. The molecule has 1 heterocycles. The van der Waals surface area contributed by atoms with Crippen LogP contribution in [0.3, 0.4) is 0 Å². The molecule has 0 saturated carbocycles. The van der Waals surface area contributed by atoms with Crippen LogP contribution in [0.2, 0.25) is 0 Å². The molecule has 0 radical (unpaired) electrons. The molecular weight excluding hydrogens is 374 g/mol. The number of likely N-dealkylation sites (N-methyl/N-ethyl adjacent to an activating group) is 1. The van der Waals surface area contributed by atoms with Crippen LogP contribution in [-0.2, 0) is 19.6 Å². The summed E-state index contributed by atoms with van der Waals surface area (Å²) in [6.45, 7) is 3.53. The van der Waals surface area contributed by atoms with Crippen LogP contribution in [0.15, 0.2) is 23.1 Å². The number of sulfonamides is 1. The molecule has 10 heteroatoms. The summed E-state index contributed by atoms with van der Waals surface area (Å²) in [5, 5.41) is 9.06. The van der Waals surface area contributed by atoms with E-state index in [1.165, 1.54) is 31.1 Å². The topological polar surface area (TPSA) is 107 Å². The molecule has 1 aromatic carbocycles. The van der Waals surface area contributed by atoms with Crippen molar-refractivity contribution in [3.63, 3.8) is 0 Å². The van der Waals surface area contributed by atoms with Gasteiger partial charge in [-0.25, -0.2) is 12.7 Å². The van der Waals surface area contributed by atoms with Gasteiger partial charge in [0.15, 0.2) is 0 Å². The minimum atomic E-state index is -3.73. The normalized spacial score (nSPS) is 15.0. The predicted molar refractivity (Wildman–Crippen MR) is 99.6 cm³/mol. The van der Waals surface area contributed by atoms with Gasteiger partial charge in [-0.2, -0.15) is 0 Å². The maximum absolute atomic E-state index is 13.0. The van der Waals surface area contributed by atoms with E-state index in [0.29, 0.717) is 32.0 Å². The molecule has 0 aromatic heterocycles. The fourth-order valence-electron chi connectivity index (χ4n) is 2.80. The van der Waals surface area contributed by atoms with Crippen LogP contribution in [0, 0.1) is 0 Å². The van der Waals surface area contributed by atoms with Crippen LogP contribution in [0.5, 0.6) is 0 Å². The molecule has 1 saturated heterocycles. The van der Waals surface area contributed by atoms with E-state index in [0.717, 1.165) is 4.31 Å². The number of carbonyl (C=O) groups excluding carboxylic acids is 1. The summed E-state index contributed by atoms with van der Waals surface area (Å²) in [5.74, 6) is -1.65. The third-order valence-electron chi connectivity index (χ3n) is 4.32.